The third-order valence-electron chi connectivity index (χ3n) is 4.49. The van der Waals surface area contributed by atoms with Gasteiger partial charge >= 0.3 is 0 Å². The number of pyridine rings is 1. The van der Waals surface area contributed by atoms with Crippen LogP contribution in [-0.4, -0.2) is 31.3 Å². The van der Waals surface area contributed by atoms with Crippen molar-refractivity contribution in [1.82, 2.24) is 25.3 Å². The highest BCUT2D eigenvalue weighted by atomic mass is 16.6. The van der Waals surface area contributed by atoms with E-state index in [2.05, 4.69) is 48.0 Å². The van der Waals surface area contributed by atoms with Crippen LogP contribution in [0.3, 0.4) is 0 Å². The maximum absolute atomic E-state index is 4.78. The number of fused-ring (bicyclic) bond motifs is 1. The molecule has 0 radical (unpaired) electrons. The van der Waals surface area contributed by atoms with Gasteiger partial charge in [-0.05, 0) is 46.4 Å². The molecule has 134 valence electrons. The van der Waals surface area contributed by atoms with Gasteiger partial charge in [0.2, 0.25) is 11.3 Å². The second-order valence-electron chi connectivity index (χ2n) is 6.52. The average Bonchev–Trinajstić information content (AvgIpc) is 3.42. The van der Waals surface area contributed by atoms with Crippen LogP contribution in [0.4, 0.5) is 11.6 Å². The predicted molar refractivity (Wildman–Crippen MR) is 100 cm³/mol. The number of hydrogen-bond donors (Lipinski definition) is 2. The van der Waals surface area contributed by atoms with Gasteiger partial charge in [-0.25, -0.2) is 14.6 Å². The van der Waals surface area contributed by atoms with E-state index < -0.39 is 0 Å². The van der Waals surface area contributed by atoms with E-state index in [9.17, 15) is 0 Å². The lowest BCUT2D eigenvalue weighted by Gasteiger charge is -2.21. The fourth-order valence-corrected chi connectivity index (χ4v) is 2.96. The van der Waals surface area contributed by atoms with Gasteiger partial charge in [-0.1, -0.05) is 30.3 Å². The van der Waals surface area contributed by atoms with Crippen LogP contribution in [0.2, 0.25) is 0 Å². The standard InChI is InChI=1S/C19H17N7O/c1-2-4-12(5-3-1)15(13-8-10-20-11-9-13)22-17-16(21-14-6-7-14)23-18-19(24-17)26-27-25-18/h1-5,8-11,14-15H,6-7H2,(H,21,23,25)(H,22,24,26). The summed E-state index contributed by atoms with van der Waals surface area (Å²) in [4.78, 5) is 13.3. The van der Waals surface area contributed by atoms with E-state index in [1.54, 1.807) is 12.4 Å². The molecule has 1 aliphatic rings. The van der Waals surface area contributed by atoms with Gasteiger partial charge in [-0.3, -0.25) is 4.98 Å². The molecule has 8 nitrogen and oxygen atoms in total. The van der Waals surface area contributed by atoms with Crippen molar-refractivity contribution in [3.63, 3.8) is 0 Å². The highest BCUT2D eigenvalue weighted by molar-refractivity contribution is 5.74. The Morgan fingerprint density at radius 3 is 2.22 bits per heavy atom. The molecule has 1 aliphatic carbocycles. The van der Waals surface area contributed by atoms with Crippen LogP contribution in [0.5, 0.6) is 0 Å². The molecule has 1 atom stereocenters. The molecule has 3 aromatic heterocycles. The topological polar surface area (TPSA) is 102 Å². The van der Waals surface area contributed by atoms with Crippen molar-refractivity contribution in [2.75, 3.05) is 10.6 Å². The molecule has 0 spiro atoms. The van der Waals surface area contributed by atoms with Crippen LogP contribution in [0, 0.1) is 0 Å². The SMILES string of the molecule is c1ccc(C(Nc2nc3nonc3nc2NC2CC2)c2ccncc2)cc1. The Kier molecular flexibility index (Phi) is 3.86. The molecule has 4 aromatic rings. The predicted octanol–water partition coefficient (Wildman–Crippen LogP) is 3.18. The van der Waals surface area contributed by atoms with Gasteiger partial charge in [0.25, 0.3) is 0 Å². The Labute approximate surface area is 155 Å². The summed E-state index contributed by atoms with van der Waals surface area (Å²) >= 11 is 0. The maximum Gasteiger partial charge on any atom is 0.245 e. The first-order valence-electron chi connectivity index (χ1n) is 8.85. The van der Waals surface area contributed by atoms with Gasteiger partial charge < -0.3 is 10.6 Å². The number of nitrogens with one attached hydrogen (secondary N) is 2. The first kappa shape index (κ1) is 15.7. The molecule has 27 heavy (non-hydrogen) atoms. The number of hydrogen-bond acceptors (Lipinski definition) is 8. The lowest BCUT2D eigenvalue weighted by Crippen LogP contribution is -2.16. The lowest BCUT2D eigenvalue weighted by atomic mass is 10.00. The number of rotatable bonds is 6. The molecule has 0 amide bonds. The molecule has 8 heteroatoms. The molecule has 0 saturated heterocycles. The van der Waals surface area contributed by atoms with Crippen molar-refractivity contribution in [3.8, 4) is 0 Å². The molecule has 3 heterocycles. The summed E-state index contributed by atoms with van der Waals surface area (Å²) in [6.45, 7) is 0. The van der Waals surface area contributed by atoms with Crippen LogP contribution >= 0.6 is 0 Å². The second-order valence-corrected chi connectivity index (χ2v) is 6.52. The van der Waals surface area contributed by atoms with E-state index in [4.69, 9.17) is 4.63 Å². The van der Waals surface area contributed by atoms with E-state index in [0.717, 1.165) is 24.0 Å². The number of benzene rings is 1. The minimum atomic E-state index is -0.111. The van der Waals surface area contributed by atoms with Crippen molar-refractivity contribution >= 4 is 22.9 Å². The summed E-state index contributed by atoms with van der Waals surface area (Å²) < 4.78 is 4.78. The van der Waals surface area contributed by atoms with Gasteiger partial charge in [0.15, 0.2) is 11.6 Å². The zero-order chi connectivity index (χ0) is 18.1. The molecule has 5 rings (SSSR count). The van der Waals surface area contributed by atoms with Crippen LogP contribution in [-0.2, 0) is 0 Å². The zero-order valence-electron chi connectivity index (χ0n) is 14.4. The van der Waals surface area contributed by atoms with Gasteiger partial charge in [0.1, 0.15) is 0 Å². The summed E-state index contributed by atoms with van der Waals surface area (Å²) in [5.41, 5.74) is 2.96. The second kappa shape index (κ2) is 6.64. The normalized spacial score (nSPS) is 14.8. The Bertz CT molecular complexity index is 1010. The zero-order valence-corrected chi connectivity index (χ0v) is 14.4. The van der Waals surface area contributed by atoms with Crippen molar-refractivity contribution in [2.45, 2.75) is 24.9 Å². The summed E-state index contributed by atoms with van der Waals surface area (Å²) in [5.74, 6) is 1.28. The fourth-order valence-electron chi connectivity index (χ4n) is 2.96. The molecule has 0 bridgehead atoms. The molecule has 1 saturated carbocycles. The summed E-state index contributed by atoms with van der Waals surface area (Å²) in [5, 5.41) is 14.6. The van der Waals surface area contributed by atoms with Crippen molar-refractivity contribution < 1.29 is 4.63 Å². The highest BCUT2D eigenvalue weighted by Gasteiger charge is 2.25. The van der Waals surface area contributed by atoms with Gasteiger partial charge in [0, 0.05) is 18.4 Å². The molecule has 0 aliphatic heterocycles. The summed E-state index contributed by atoms with van der Waals surface area (Å²) in [6, 6.07) is 14.5. The summed E-state index contributed by atoms with van der Waals surface area (Å²) in [6.07, 6.45) is 5.82. The van der Waals surface area contributed by atoms with Crippen LogP contribution in [0.25, 0.3) is 11.3 Å². The van der Waals surface area contributed by atoms with Crippen LogP contribution in [0.1, 0.15) is 30.0 Å². The Hall–Kier alpha value is -3.55. The van der Waals surface area contributed by atoms with E-state index >= 15 is 0 Å². The monoisotopic (exact) mass is 359 g/mol. The average molecular weight is 359 g/mol. The molecule has 1 fully saturated rings. The van der Waals surface area contributed by atoms with E-state index in [1.807, 2.05) is 30.3 Å². The van der Waals surface area contributed by atoms with Gasteiger partial charge in [-0.2, -0.15) is 0 Å². The van der Waals surface area contributed by atoms with Crippen molar-refractivity contribution in [3.05, 3.63) is 66.0 Å². The lowest BCUT2D eigenvalue weighted by molar-refractivity contribution is 0.314. The first-order valence-corrected chi connectivity index (χ1v) is 8.85. The number of anilines is 2. The minimum absolute atomic E-state index is 0.111. The Morgan fingerprint density at radius 2 is 1.52 bits per heavy atom. The number of aromatic nitrogens is 5. The molecule has 1 aromatic carbocycles. The number of nitrogens with zero attached hydrogens (tertiary/aromatic N) is 5. The van der Waals surface area contributed by atoms with E-state index in [0.29, 0.717) is 29.0 Å². The van der Waals surface area contributed by atoms with Gasteiger partial charge in [-0.15, -0.1) is 0 Å². The fraction of sp³-hybridized carbons (Fsp3) is 0.211. The third-order valence-corrected chi connectivity index (χ3v) is 4.49. The van der Waals surface area contributed by atoms with E-state index in [-0.39, 0.29) is 6.04 Å². The Balaban J connectivity index is 1.57. The van der Waals surface area contributed by atoms with E-state index in [1.165, 1.54) is 0 Å². The highest BCUT2D eigenvalue weighted by Crippen LogP contribution is 2.32. The van der Waals surface area contributed by atoms with Gasteiger partial charge in [0.05, 0.1) is 6.04 Å². The largest absolute Gasteiger partial charge is 0.364 e. The molecular weight excluding hydrogens is 342 g/mol. The van der Waals surface area contributed by atoms with Crippen molar-refractivity contribution in [2.24, 2.45) is 0 Å². The summed E-state index contributed by atoms with van der Waals surface area (Å²) in [7, 11) is 0. The van der Waals surface area contributed by atoms with Crippen molar-refractivity contribution in [1.29, 1.82) is 0 Å². The molecule has 1 unspecified atom stereocenters. The smallest absolute Gasteiger partial charge is 0.245 e. The molecule has 2 N–H and O–H groups in total. The van der Waals surface area contributed by atoms with Crippen LogP contribution in [0.15, 0.2) is 59.5 Å². The molecular formula is C19H17N7O. The third kappa shape index (κ3) is 3.29. The minimum Gasteiger partial charge on any atom is -0.364 e. The first-order chi connectivity index (χ1) is 13.4. The maximum atomic E-state index is 4.78. The van der Waals surface area contributed by atoms with Crippen LogP contribution < -0.4 is 10.6 Å². The quantitative estimate of drug-likeness (QED) is 0.541. The Morgan fingerprint density at radius 1 is 0.852 bits per heavy atom.